The summed E-state index contributed by atoms with van der Waals surface area (Å²) >= 11 is 6.51. The van der Waals surface area contributed by atoms with Crippen LogP contribution in [0.1, 0.15) is 25.0 Å². The summed E-state index contributed by atoms with van der Waals surface area (Å²) in [6.07, 6.45) is 0.801. The molecule has 1 N–H and O–H groups in total. The zero-order chi connectivity index (χ0) is 31.9. The number of anilines is 4. The molecule has 0 saturated carbocycles. The molecule has 1 amide bonds. The molecule has 1 fully saturated rings. The smallest absolute Gasteiger partial charge is 0.425 e. The van der Waals surface area contributed by atoms with E-state index in [1.54, 1.807) is 42.5 Å². The monoisotopic (exact) mass is 632 g/mol. The highest BCUT2D eigenvalue weighted by Crippen LogP contribution is 2.33. The van der Waals surface area contributed by atoms with E-state index in [-0.39, 0.29) is 17.5 Å². The number of hydrogen-bond donors (Lipinski definition) is 1. The Kier molecular flexibility index (Phi) is 10.5. The van der Waals surface area contributed by atoms with E-state index in [9.17, 15) is 9.18 Å². The van der Waals surface area contributed by atoms with Gasteiger partial charge in [-0.25, -0.2) is 19.1 Å². The van der Waals surface area contributed by atoms with Gasteiger partial charge in [-0.05, 0) is 63.1 Å². The minimum atomic E-state index is -0.695. The number of para-hydroxylation sites is 2. The number of carbonyl (C=O) groups excluding carboxylic acids is 1. The number of amides is 1. The molecule has 0 aliphatic carbocycles. The number of nitrogens with zero attached hydrogens (tertiary/aromatic N) is 5. The number of aromatic nitrogens is 2. The Balaban J connectivity index is 1.28. The van der Waals surface area contributed by atoms with Crippen molar-refractivity contribution >= 4 is 40.8 Å². The molecule has 2 heterocycles. The molecule has 5 rings (SSSR count). The lowest BCUT2D eigenvalue weighted by atomic mass is 10.1. The van der Waals surface area contributed by atoms with Gasteiger partial charge in [-0.3, -0.25) is 9.80 Å². The first kappa shape index (κ1) is 32.2. The van der Waals surface area contributed by atoms with Crippen LogP contribution in [0.5, 0.6) is 11.5 Å². The van der Waals surface area contributed by atoms with Gasteiger partial charge in [0.2, 0.25) is 5.95 Å². The zero-order valence-electron chi connectivity index (χ0n) is 26.0. The first-order chi connectivity index (χ1) is 21.7. The molecular weight excluding hydrogens is 595 g/mol. The Morgan fingerprint density at radius 3 is 2.44 bits per heavy atom. The summed E-state index contributed by atoms with van der Waals surface area (Å²) in [7, 11) is 0. The van der Waals surface area contributed by atoms with Gasteiger partial charge in [-0.1, -0.05) is 41.9 Å². The van der Waals surface area contributed by atoms with E-state index in [1.165, 1.54) is 17.2 Å². The fourth-order valence-corrected chi connectivity index (χ4v) is 5.41. The summed E-state index contributed by atoms with van der Waals surface area (Å²) in [5, 5.41) is 3.35. The van der Waals surface area contributed by atoms with E-state index in [4.69, 9.17) is 21.1 Å². The fraction of sp³-hybridized carbons (Fsp3) is 0.324. The molecule has 236 valence electrons. The van der Waals surface area contributed by atoms with E-state index >= 15 is 0 Å². The van der Waals surface area contributed by atoms with Gasteiger partial charge < -0.3 is 14.8 Å². The van der Waals surface area contributed by atoms with Crippen LogP contribution in [0.2, 0.25) is 5.02 Å². The Bertz CT molecular complexity index is 1610. The molecule has 0 radical (unpaired) electrons. The minimum Gasteiger partial charge on any atom is -0.489 e. The van der Waals surface area contributed by atoms with Crippen LogP contribution in [0.4, 0.5) is 32.3 Å². The number of halogens is 2. The molecule has 4 aromatic rings. The van der Waals surface area contributed by atoms with Crippen LogP contribution >= 0.6 is 11.6 Å². The third-order valence-corrected chi connectivity index (χ3v) is 8.05. The number of piperazine rings is 1. The average molecular weight is 633 g/mol. The van der Waals surface area contributed by atoms with Gasteiger partial charge in [0.15, 0.2) is 11.6 Å². The van der Waals surface area contributed by atoms with Gasteiger partial charge in [0.05, 0.1) is 10.7 Å². The van der Waals surface area contributed by atoms with Crippen molar-refractivity contribution in [1.82, 2.24) is 19.8 Å². The molecule has 0 atom stereocenters. The molecule has 1 aromatic heterocycles. The van der Waals surface area contributed by atoms with Gasteiger partial charge in [0.1, 0.15) is 18.2 Å². The molecule has 0 unspecified atom stereocenters. The van der Waals surface area contributed by atoms with Crippen molar-refractivity contribution in [2.24, 2.45) is 0 Å². The van der Waals surface area contributed by atoms with Crippen molar-refractivity contribution in [3.05, 3.63) is 94.9 Å². The predicted octanol–water partition coefficient (Wildman–Crippen LogP) is 7.37. The molecule has 11 heteroatoms. The molecule has 0 spiro atoms. The average Bonchev–Trinajstić information content (AvgIpc) is 3.02. The van der Waals surface area contributed by atoms with Crippen molar-refractivity contribution in [1.29, 1.82) is 0 Å². The summed E-state index contributed by atoms with van der Waals surface area (Å²) in [4.78, 5) is 28.5. The second-order valence-corrected chi connectivity index (χ2v) is 11.6. The van der Waals surface area contributed by atoms with Crippen LogP contribution in [0.3, 0.4) is 0 Å². The zero-order valence-corrected chi connectivity index (χ0v) is 26.7. The Morgan fingerprint density at radius 2 is 1.76 bits per heavy atom. The van der Waals surface area contributed by atoms with Gasteiger partial charge in [-0.15, -0.1) is 0 Å². The third-order valence-electron chi connectivity index (χ3n) is 7.73. The van der Waals surface area contributed by atoms with Crippen LogP contribution < -0.4 is 19.7 Å². The second kappa shape index (κ2) is 14.7. The summed E-state index contributed by atoms with van der Waals surface area (Å²) in [6.45, 7) is 13.3. The standard InChI is InChI=1S/C34H38ClFN6O3/c1-23(2)41-18-16-40(17-19-41)20-21-44-30-13-12-26(22-28(30)36)38-33-37-15-14-31(39-33)42(29-11-6-5-10-27(29)35)34(43)45-32-24(3)8-7-9-25(32)4/h5-15,22-23H,16-21H2,1-4H3,(H,37,38,39). The number of ether oxygens (including phenoxy) is 2. The lowest BCUT2D eigenvalue weighted by Gasteiger charge is -2.36. The van der Waals surface area contributed by atoms with Gasteiger partial charge in [-0.2, -0.15) is 4.98 Å². The third kappa shape index (κ3) is 8.08. The highest BCUT2D eigenvalue weighted by atomic mass is 35.5. The maximum absolute atomic E-state index is 15.0. The van der Waals surface area contributed by atoms with E-state index < -0.39 is 11.9 Å². The molecule has 9 nitrogen and oxygen atoms in total. The highest BCUT2D eigenvalue weighted by Gasteiger charge is 2.25. The van der Waals surface area contributed by atoms with Crippen molar-refractivity contribution in [3.63, 3.8) is 0 Å². The maximum Gasteiger partial charge on any atom is 0.425 e. The van der Waals surface area contributed by atoms with Gasteiger partial charge in [0.25, 0.3) is 0 Å². The lowest BCUT2D eigenvalue weighted by Crippen LogP contribution is -2.49. The first-order valence-corrected chi connectivity index (χ1v) is 15.4. The van der Waals surface area contributed by atoms with Crippen molar-refractivity contribution in [2.45, 2.75) is 33.7 Å². The molecule has 1 saturated heterocycles. The van der Waals surface area contributed by atoms with Crippen LogP contribution in [0, 0.1) is 19.7 Å². The van der Waals surface area contributed by atoms with Crippen LogP contribution in [-0.4, -0.2) is 71.2 Å². The number of carbonyl (C=O) groups is 1. The molecular formula is C34H38ClFN6O3. The Labute approximate surface area is 268 Å². The predicted molar refractivity (Wildman–Crippen MR) is 176 cm³/mol. The van der Waals surface area contributed by atoms with Gasteiger partial charge in [0, 0.05) is 62.8 Å². The molecule has 3 aromatic carbocycles. The SMILES string of the molecule is Cc1cccc(C)c1OC(=O)N(c1ccnc(Nc2ccc(OCCN3CCN(C(C)C)CC3)c(F)c2)n1)c1ccccc1Cl. The van der Waals surface area contributed by atoms with E-state index in [1.807, 2.05) is 32.0 Å². The largest absolute Gasteiger partial charge is 0.489 e. The fourth-order valence-electron chi connectivity index (χ4n) is 5.19. The molecule has 0 bridgehead atoms. The minimum absolute atomic E-state index is 0.151. The number of aryl methyl sites for hydroxylation is 2. The number of rotatable bonds is 10. The first-order valence-electron chi connectivity index (χ1n) is 15.0. The van der Waals surface area contributed by atoms with Crippen LogP contribution in [0.25, 0.3) is 0 Å². The van der Waals surface area contributed by atoms with E-state index in [0.717, 1.165) is 43.9 Å². The number of benzene rings is 3. The quantitative estimate of drug-likeness (QED) is 0.194. The van der Waals surface area contributed by atoms with Crippen LogP contribution in [-0.2, 0) is 0 Å². The molecule has 1 aliphatic heterocycles. The summed E-state index contributed by atoms with van der Waals surface area (Å²) in [5.41, 5.74) is 2.43. The molecule has 45 heavy (non-hydrogen) atoms. The lowest BCUT2D eigenvalue weighted by molar-refractivity contribution is 0.0965. The second-order valence-electron chi connectivity index (χ2n) is 11.2. The summed E-state index contributed by atoms with van der Waals surface area (Å²) in [5.74, 6) is 0.494. The van der Waals surface area contributed by atoms with Crippen molar-refractivity contribution in [2.75, 3.05) is 49.5 Å². The summed E-state index contributed by atoms with van der Waals surface area (Å²) < 4.78 is 26.6. The summed E-state index contributed by atoms with van der Waals surface area (Å²) in [6, 6.07) is 19.3. The van der Waals surface area contributed by atoms with Crippen molar-refractivity contribution in [3.8, 4) is 11.5 Å². The van der Waals surface area contributed by atoms with E-state index in [2.05, 4.69) is 38.9 Å². The topological polar surface area (TPSA) is 83.1 Å². The van der Waals surface area contributed by atoms with E-state index in [0.29, 0.717) is 34.8 Å². The number of hydrogen-bond acceptors (Lipinski definition) is 8. The Hall–Kier alpha value is -4.25. The maximum atomic E-state index is 15.0. The number of nitrogens with one attached hydrogen (secondary N) is 1. The molecule has 1 aliphatic rings. The Morgan fingerprint density at radius 1 is 1.02 bits per heavy atom. The van der Waals surface area contributed by atoms with Gasteiger partial charge >= 0.3 is 6.09 Å². The van der Waals surface area contributed by atoms with Crippen LogP contribution in [0.15, 0.2) is 72.9 Å². The normalized spacial score (nSPS) is 13.9. The highest BCUT2D eigenvalue weighted by molar-refractivity contribution is 6.34. The van der Waals surface area contributed by atoms with Crippen molar-refractivity contribution < 1.29 is 18.7 Å².